The number of halogens is 4. The SMILES string of the molecule is FC(F)(F)C#CCCCCl. The first-order valence-electron chi connectivity index (χ1n) is 2.69. The molecule has 0 saturated heterocycles. The van der Waals surface area contributed by atoms with Crippen molar-refractivity contribution in [1.82, 2.24) is 0 Å². The smallest absolute Gasteiger partial charge is 0.159 e. The van der Waals surface area contributed by atoms with Crippen LogP contribution in [0.4, 0.5) is 13.2 Å². The second-order valence-electron chi connectivity index (χ2n) is 1.59. The molecule has 0 saturated carbocycles. The van der Waals surface area contributed by atoms with Crippen molar-refractivity contribution in [2.45, 2.75) is 19.0 Å². The predicted molar refractivity (Wildman–Crippen MR) is 33.8 cm³/mol. The molecule has 0 fully saturated rings. The summed E-state index contributed by atoms with van der Waals surface area (Å²) >= 11 is 5.20. The summed E-state index contributed by atoms with van der Waals surface area (Å²) in [5, 5.41) is 0. The minimum atomic E-state index is -4.35. The van der Waals surface area contributed by atoms with Crippen molar-refractivity contribution in [3.63, 3.8) is 0 Å². The Hall–Kier alpha value is -0.360. The van der Waals surface area contributed by atoms with E-state index in [1.165, 1.54) is 0 Å². The molecule has 0 spiro atoms. The predicted octanol–water partition coefficient (Wildman–Crippen LogP) is 2.57. The van der Waals surface area contributed by atoms with Gasteiger partial charge in [0, 0.05) is 18.2 Å². The lowest BCUT2D eigenvalue weighted by atomic mass is 10.3. The van der Waals surface area contributed by atoms with Gasteiger partial charge in [0.05, 0.1) is 0 Å². The van der Waals surface area contributed by atoms with Gasteiger partial charge in [-0.2, -0.15) is 13.2 Å². The Labute approximate surface area is 62.4 Å². The highest BCUT2D eigenvalue weighted by molar-refractivity contribution is 6.17. The molecule has 0 aliphatic rings. The molecular formula is C6H6ClF3. The Morgan fingerprint density at radius 2 is 1.90 bits per heavy atom. The van der Waals surface area contributed by atoms with Crippen LogP contribution in [0.25, 0.3) is 0 Å². The van der Waals surface area contributed by atoms with Gasteiger partial charge in [-0.05, 0) is 6.42 Å². The minimum Gasteiger partial charge on any atom is -0.159 e. The number of hydrogen-bond acceptors (Lipinski definition) is 0. The van der Waals surface area contributed by atoms with E-state index in [9.17, 15) is 13.2 Å². The molecule has 0 unspecified atom stereocenters. The lowest BCUT2D eigenvalue weighted by Crippen LogP contribution is -2.01. The standard InChI is InChI=1S/C6H6ClF3/c7-5-3-1-2-4-6(8,9)10/h1,3,5H2. The van der Waals surface area contributed by atoms with Crippen molar-refractivity contribution in [3.8, 4) is 11.8 Å². The number of alkyl halides is 4. The van der Waals surface area contributed by atoms with Crippen molar-refractivity contribution in [2.75, 3.05) is 5.88 Å². The lowest BCUT2D eigenvalue weighted by molar-refractivity contribution is -0.0697. The molecule has 0 N–H and O–H groups in total. The van der Waals surface area contributed by atoms with E-state index in [0.29, 0.717) is 12.3 Å². The first kappa shape index (κ1) is 9.64. The second kappa shape index (κ2) is 4.45. The van der Waals surface area contributed by atoms with Crippen molar-refractivity contribution in [3.05, 3.63) is 0 Å². The monoisotopic (exact) mass is 170 g/mol. The van der Waals surface area contributed by atoms with E-state index >= 15 is 0 Å². The highest BCUT2D eigenvalue weighted by Crippen LogP contribution is 2.11. The maximum atomic E-state index is 11.3. The Balaban J connectivity index is 3.50. The third-order valence-corrected chi connectivity index (χ3v) is 0.933. The molecule has 0 bridgehead atoms. The van der Waals surface area contributed by atoms with E-state index in [-0.39, 0.29) is 6.42 Å². The maximum Gasteiger partial charge on any atom is 0.457 e. The quantitative estimate of drug-likeness (QED) is 0.340. The van der Waals surface area contributed by atoms with Gasteiger partial charge < -0.3 is 0 Å². The van der Waals surface area contributed by atoms with Gasteiger partial charge in [-0.15, -0.1) is 11.6 Å². The van der Waals surface area contributed by atoms with Crippen LogP contribution in [-0.2, 0) is 0 Å². The summed E-state index contributed by atoms with van der Waals surface area (Å²) in [6.45, 7) is 0. The fourth-order valence-electron chi connectivity index (χ4n) is 0.318. The molecule has 4 heteroatoms. The van der Waals surface area contributed by atoms with Gasteiger partial charge in [0.2, 0.25) is 0 Å². The van der Waals surface area contributed by atoms with E-state index in [1.807, 2.05) is 5.92 Å². The zero-order valence-electron chi connectivity index (χ0n) is 5.13. The topological polar surface area (TPSA) is 0 Å². The molecule has 0 aliphatic heterocycles. The largest absolute Gasteiger partial charge is 0.457 e. The first-order valence-corrected chi connectivity index (χ1v) is 3.22. The number of hydrogen-bond donors (Lipinski definition) is 0. The van der Waals surface area contributed by atoms with Crippen molar-refractivity contribution < 1.29 is 13.2 Å². The highest BCUT2D eigenvalue weighted by atomic mass is 35.5. The van der Waals surface area contributed by atoms with E-state index in [0.717, 1.165) is 5.92 Å². The van der Waals surface area contributed by atoms with Crippen LogP contribution < -0.4 is 0 Å². The first-order chi connectivity index (χ1) is 4.56. The molecule has 0 aliphatic carbocycles. The summed E-state index contributed by atoms with van der Waals surface area (Å²) in [5.41, 5.74) is 0. The van der Waals surface area contributed by atoms with Crippen molar-refractivity contribution >= 4 is 11.6 Å². The molecule has 0 heterocycles. The van der Waals surface area contributed by atoms with Crippen molar-refractivity contribution in [1.29, 1.82) is 0 Å². The zero-order valence-corrected chi connectivity index (χ0v) is 5.89. The lowest BCUT2D eigenvalue weighted by Gasteiger charge is -1.91. The summed E-state index contributed by atoms with van der Waals surface area (Å²) in [4.78, 5) is 0. The molecular weight excluding hydrogens is 165 g/mol. The molecule has 0 atom stereocenters. The van der Waals surface area contributed by atoms with Crippen LogP contribution in [0, 0.1) is 11.8 Å². The molecule has 0 aromatic carbocycles. The van der Waals surface area contributed by atoms with Gasteiger partial charge in [-0.1, -0.05) is 5.92 Å². The van der Waals surface area contributed by atoms with Crippen molar-refractivity contribution in [2.24, 2.45) is 0 Å². The average Bonchev–Trinajstić information content (AvgIpc) is 1.78. The fraction of sp³-hybridized carbons (Fsp3) is 0.667. The van der Waals surface area contributed by atoms with E-state index in [1.54, 1.807) is 0 Å². The Morgan fingerprint density at radius 1 is 1.30 bits per heavy atom. The molecule has 58 valence electrons. The summed E-state index contributed by atoms with van der Waals surface area (Å²) in [6.07, 6.45) is -3.64. The van der Waals surface area contributed by atoms with Gasteiger partial charge in [-0.25, -0.2) is 0 Å². The van der Waals surface area contributed by atoms with Gasteiger partial charge in [0.15, 0.2) is 0 Å². The van der Waals surface area contributed by atoms with E-state index < -0.39 is 6.18 Å². The molecule has 0 aromatic rings. The van der Waals surface area contributed by atoms with Crippen LogP contribution in [0.2, 0.25) is 0 Å². The molecule has 0 rings (SSSR count). The van der Waals surface area contributed by atoms with E-state index in [2.05, 4.69) is 0 Å². The Morgan fingerprint density at radius 3 is 2.30 bits per heavy atom. The summed E-state index contributed by atoms with van der Waals surface area (Å²) in [7, 11) is 0. The summed E-state index contributed by atoms with van der Waals surface area (Å²) in [5.74, 6) is 3.47. The van der Waals surface area contributed by atoms with Gasteiger partial charge in [-0.3, -0.25) is 0 Å². The van der Waals surface area contributed by atoms with Crippen LogP contribution in [0.5, 0.6) is 0 Å². The van der Waals surface area contributed by atoms with Gasteiger partial charge in [0.25, 0.3) is 0 Å². The van der Waals surface area contributed by atoms with E-state index in [4.69, 9.17) is 11.6 Å². The van der Waals surface area contributed by atoms with Gasteiger partial charge in [0.1, 0.15) is 0 Å². The molecule has 0 amide bonds. The second-order valence-corrected chi connectivity index (χ2v) is 1.97. The van der Waals surface area contributed by atoms with Crippen LogP contribution in [0.15, 0.2) is 0 Å². The minimum absolute atomic E-state index is 0.211. The zero-order chi connectivity index (χ0) is 8.04. The fourth-order valence-corrected chi connectivity index (χ4v) is 0.452. The summed E-state index contributed by atoms with van der Waals surface area (Å²) in [6, 6.07) is 0. The third kappa shape index (κ3) is 7.64. The Bertz CT molecular complexity index is 139. The summed E-state index contributed by atoms with van der Waals surface area (Å²) < 4.78 is 33.8. The molecule has 10 heavy (non-hydrogen) atoms. The number of unbranched alkanes of at least 4 members (excludes halogenated alkanes) is 1. The molecule has 0 radical (unpaired) electrons. The van der Waals surface area contributed by atoms with Gasteiger partial charge >= 0.3 is 6.18 Å². The van der Waals surface area contributed by atoms with Crippen LogP contribution in [-0.4, -0.2) is 12.1 Å². The normalized spacial score (nSPS) is 10.4. The highest BCUT2D eigenvalue weighted by Gasteiger charge is 2.22. The van der Waals surface area contributed by atoms with Crippen LogP contribution >= 0.6 is 11.6 Å². The van der Waals surface area contributed by atoms with Crippen LogP contribution in [0.3, 0.4) is 0 Å². The third-order valence-electron chi connectivity index (χ3n) is 0.666. The average molecular weight is 171 g/mol. The number of rotatable bonds is 2. The molecule has 0 nitrogen and oxygen atoms in total. The molecule has 0 aromatic heterocycles. The van der Waals surface area contributed by atoms with Crippen LogP contribution in [0.1, 0.15) is 12.8 Å². The Kier molecular flexibility index (Phi) is 4.29. The maximum absolute atomic E-state index is 11.3.